The van der Waals surface area contributed by atoms with Crippen LogP contribution in [-0.4, -0.2) is 32.7 Å². The number of phenolic OH excluding ortho intramolecular Hbond substituents is 1. The van der Waals surface area contributed by atoms with Crippen molar-refractivity contribution in [3.8, 4) is 5.75 Å². The maximum atomic E-state index is 12.7. The zero-order valence-corrected chi connectivity index (χ0v) is 14.0. The van der Waals surface area contributed by atoms with Gasteiger partial charge in [0.1, 0.15) is 5.75 Å². The van der Waals surface area contributed by atoms with E-state index in [0.29, 0.717) is 11.4 Å². The average Bonchev–Trinajstić information content (AvgIpc) is 2.91. The summed E-state index contributed by atoms with van der Waals surface area (Å²) in [4.78, 5) is 33.9. The van der Waals surface area contributed by atoms with Gasteiger partial charge in [0, 0.05) is 17.7 Å². The van der Waals surface area contributed by atoms with Gasteiger partial charge in [0.2, 0.25) is 0 Å². The molecule has 0 fully saturated rings. The second-order valence-corrected chi connectivity index (χ2v) is 5.71. The third kappa shape index (κ3) is 3.38. The van der Waals surface area contributed by atoms with Crippen LogP contribution >= 0.6 is 0 Å². The van der Waals surface area contributed by atoms with E-state index in [1.807, 2.05) is 0 Å². The number of carboxylic acids is 1. The first-order chi connectivity index (χ1) is 12.8. The molecule has 136 valence electrons. The number of nitro groups is 1. The smallest absolute Gasteiger partial charge is 0.335 e. The monoisotopic (exact) mass is 367 g/mol. The average molecular weight is 367 g/mol. The number of anilines is 1. The maximum Gasteiger partial charge on any atom is 0.335 e. The molecule has 0 bridgehead atoms. The number of nitro benzene ring substituents is 1. The van der Waals surface area contributed by atoms with Crippen LogP contribution in [0, 0.1) is 10.1 Å². The molecule has 3 rings (SSSR count). The number of aromatic hydroxyl groups is 1. The Balaban J connectivity index is 1.96. The van der Waals surface area contributed by atoms with E-state index in [1.165, 1.54) is 36.4 Å². The number of carbonyl (C=O) groups is 2. The van der Waals surface area contributed by atoms with E-state index in [0.717, 1.165) is 17.1 Å². The van der Waals surface area contributed by atoms with Crippen LogP contribution in [0.5, 0.6) is 5.75 Å². The number of rotatable bonds is 4. The zero-order chi connectivity index (χ0) is 19.7. The van der Waals surface area contributed by atoms with Gasteiger partial charge in [-0.05, 0) is 43.3 Å². The summed E-state index contributed by atoms with van der Waals surface area (Å²) >= 11 is 0. The summed E-state index contributed by atoms with van der Waals surface area (Å²) in [6.45, 7) is 1.59. The molecule has 0 aromatic heterocycles. The molecule has 9 nitrogen and oxygen atoms in total. The number of carboxylic acid groups (broad SMARTS) is 1. The number of hydrazone groups is 1. The minimum Gasteiger partial charge on any atom is -0.507 e. The second-order valence-electron chi connectivity index (χ2n) is 5.71. The van der Waals surface area contributed by atoms with Gasteiger partial charge in [-0.1, -0.05) is 0 Å². The molecule has 27 heavy (non-hydrogen) atoms. The molecule has 9 heteroatoms. The van der Waals surface area contributed by atoms with Crippen molar-refractivity contribution < 1.29 is 24.7 Å². The van der Waals surface area contributed by atoms with E-state index in [1.54, 1.807) is 6.92 Å². The zero-order valence-electron chi connectivity index (χ0n) is 14.0. The summed E-state index contributed by atoms with van der Waals surface area (Å²) in [5, 5.41) is 35.0. The van der Waals surface area contributed by atoms with Crippen molar-refractivity contribution in [2.75, 3.05) is 5.01 Å². The fourth-order valence-corrected chi connectivity index (χ4v) is 2.53. The third-order valence-corrected chi connectivity index (χ3v) is 3.94. The molecule has 0 spiro atoms. The minimum absolute atomic E-state index is 0.0726. The SMILES string of the molecule is CC1=NN(c2ccc(C(=O)O)cc2)C(=O)/C1=C\c1cc([N+](=O)[O-])ccc1O. The summed E-state index contributed by atoms with van der Waals surface area (Å²) < 4.78 is 0. The van der Waals surface area contributed by atoms with Crippen molar-refractivity contribution in [3.05, 3.63) is 69.3 Å². The van der Waals surface area contributed by atoms with Crippen LogP contribution in [0.3, 0.4) is 0 Å². The lowest BCUT2D eigenvalue weighted by Gasteiger charge is -2.11. The highest BCUT2D eigenvalue weighted by atomic mass is 16.6. The van der Waals surface area contributed by atoms with Gasteiger partial charge in [-0.2, -0.15) is 10.1 Å². The molecule has 1 aliphatic rings. The van der Waals surface area contributed by atoms with Gasteiger partial charge in [0.15, 0.2) is 0 Å². The molecule has 0 radical (unpaired) electrons. The Morgan fingerprint density at radius 3 is 2.48 bits per heavy atom. The summed E-state index contributed by atoms with van der Waals surface area (Å²) in [5.74, 6) is -1.80. The lowest BCUT2D eigenvalue weighted by atomic mass is 10.1. The van der Waals surface area contributed by atoms with Crippen molar-refractivity contribution in [1.29, 1.82) is 0 Å². The Kier molecular flexibility index (Phi) is 4.43. The van der Waals surface area contributed by atoms with Crippen LogP contribution in [0.4, 0.5) is 11.4 Å². The van der Waals surface area contributed by atoms with E-state index < -0.39 is 16.8 Å². The molecule has 1 aliphatic heterocycles. The Hall–Kier alpha value is -4.01. The third-order valence-electron chi connectivity index (χ3n) is 3.94. The van der Waals surface area contributed by atoms with Crippen molar-refractivity contribution in [1.82, 2.24) is 0 Å². The normalized spacial score (nSPS) is 15.1. The number of non-ortho nitro benzene ring substituents is 1. The van der Waals surface area contributed by atoms with Crippen LogP contribution in [0.2, 0.25) is 0 Å². The molecular formula is C18H13N3O6. The van der Waals surface area contributed by atoms with Crippen LogP contribution in [0.1, 0.15) is 22.8 Å². The molecule has 0 saturated carbocycles. The Morgan fingerprint density at radius 1 is 1.22 bits per heavy atom. The van der Waals surface area contributed by atoms with E-state index in [9.17, 15) is 24.8 Å². The highest BCUT2D eigenvalue weighted by molar-refractivity contribution is 6.32. The molecule has 2 N–H and O–H groups in total. The summed E-state index contributed by atoms with van der Waals surface area (Å²) in [6.07, 6.45) is 1.33. The first-order valence-corrected chi connectivity index (χ1v) is 7.70. The highest BCUT2D eigenvalue weighted by Crippen LogP contribution is 2.29. The first kappa shape index (κ1) is 17.8. The Labute approximate surface area is 152 Å². The molecule has 1 heterocycles. The number of amides is 1. The van der Waals surface area contributed by atoms with Crippen molar-refractivity contribution in [2.45, 2.75) is 6.92 Å². The molecule has 0 unspecified atom stereocenters. The molecule has 2 aromatic carbocycles. The molecule has 1 amide bonds. The first-order valence-electron chi connectivity index (χ1n) is 7.70. The van der Waals surface area contributed by atoms with E-state index >= 15 is 0 Å². The van der Waals surface area contributed by atoms with Gasteiger partial charge >= 0.3 is 5.97 Å². The number of aromatic carboxylic acids is 1. The number of hydrogen-bond donors (Lipinski definition) is 2. The summed E-state index contributed by atoms with van der Waals surface area (Å²) in [7, 11) is 0. The van der Waals surface area contributed by atoms with Gasteiger partial charge in [0.25, 0.3) is 11.6 Å². The van der Waals surface area contributed by atoms with E-state index in [-0.39, 0.29) is 28.1 Å². The number of benzene rings is 2. The predicted octanol–water partition coefficient (Wildman–Crippen LogP) is 2.80. The summed E-state index contributed by atoms with van der Waals surface area (Å²) in [5.41, 5.74) is 0.853. The van der Waals surface area contributed by atoms with Gasteiger partial charge in [-0.3, -0.25) is 14.9 Å². The summed E-state index contributed by atoms with van der Waals surface area (Å²) in [6, 6.07) is 9.10. The topological polar surface area (TPSA) is 133 Å². The lowest BCUT2D eigenvalue weighted by Crippen LogP contribution is -2.21. The largest absolute Gasteiger partial charge is 0.507 e. The van der Waals surface area contributed by atoms with Crippen molar-refractivity contribution >= 4 is 35.0 Å². The van der Waals surface area contributed by atoms with Gasteiger partial charge < -0.3 is 10.2 Å². The van der Waals surface area contributed by atoms with Crippen molar-refractivity contribution in [3.63, 3.8) is 0 Å². The molecular weight excluding hydrogens is 354 g/mol. The van der Waals surface area contributed by atoms with E-state index in [4.69, 9.17) is 5.11 Å². The van der Waals surface area contributed by atoms with E-state index in [2.05, 4.69) is 5.10 Å². The predicted molar refractivity (Wildman–Crippen MR) is 96.7 cm³/mol. The van der Waals surface area contributed by atoms with Crippen LogP contribution < -0.4 is 5.01 Å². The van der Waals surface area contributed by atoms with Crippen LogP contribution in [0.25, 0.3) is 6.08 Å². The fourth-order valence-electron chi connectivity index (χ4n) is 2.53. The van der Waals surface area contributed by atoms with Crippen LogP contribution in [0.15, 0.2) is 53.1 Å². The Bertz CT molecular complexity index is 1020. The maximum absolute atomic E-state index is 12.7. The molecule has 0 aliphatic carbocycles. The fraction of sp³-hybridized carbons (Fsp3) is 0.0556. The molecule has 0 atom stereocenters. The second kappa shape index (κ2) is 6.71. The highest BCUT2D eigenvalue weighted by Gasteiger charge is 2.29. The molecule has 0 saturated heterocycles. The molecule has 2 aromatic rings. The number of nitrogens with zero attached hydrogens (tertiary/aromatic N) is 3. The number of phenols is 1. The Morgan fingerprint density at radius 2 is 1.89 bits per heavy atom. The van der Waals surface area contributed by atoms with Crippen LogP contribution in [-0.2, 0) is 4.79 Å². The van der Waals surface area contributed by atoms with Gasteiger partial charge in [0.05, 0.1) is 27.5 Å². The standard InChI is InChI=1S/C18H13N3O6/c1-10-15(9-12-8-14(21(26)27)6-7-16(12)22)17(23)20(19-10)13-4-2-11(3-5-13)18(24)25/h2-9,22H,1H3,(H,24,25)/b15-9-. The number of hydrogen-bond acceptors (Lipinski definition) is 6. The van der Waals surface area contributed by atoms with Gasteiger partial charge in [-0.15, -0.1) is 0 Å². The van der Waals surface area contributed by atoms with Crippen molar-refractivity contribution in [2.24, 2.45) is 5.10 Å². The minimum atomic E-state index is -1.09. The quantitative estimate of drug-likeness (QED) is 0.485. The number of carbonyl (C=O) groups excluding carboxylic acids is 1. The lowest BCUT2D eigenvalue weighted by molar-refractivity contribution is -0.384. The van der Waals surface area contributed by atoms with Gasteiger partial charge in [-0.25, -0.2) is 4.79 Å².